The number of carbonyl (C=O) groups is 1. The third-order valence-corrected chi connectivity index (χ3v) is 8.22. The molecular weight excluding hydrogens is 630 g/mol. The number of furan rings is 1. The minimum atomic E-state index is -0.893. The van der Waals surface area contributed by atoms with E-state index in [1.54, 1.807) is 56.3 Å². The molecule has 1 atom stereocenters. The molecule has 0 spiro atoms. The number of hydrogen-bond donors (Lipinski definition) is 0. The summed E-state index contributed by atoms with van der Waals surface area (Å²) in [5.74, 6) is 1.22. The number of non-ortho nitro benzene ring substituents is 1. The Labute approximate surface area is 251 Å². The van der Waals surface area contributed by atoms with E-state index in [4.69, 9.17) is 18.6 Å². The zero-order valence-electron chi connectivity index (χ0n) is 22.9. The molecule has 42 heavy (non-hydrogen) atoms. The van der Waals surface area contributed by atoms with Gasteiger partial charge in [0.15, 0.2) is 4.80 Å². The van der Waals surface area contributed by atoms with Gasteiger partial charge in [0.1, 0.15) is 29.1 Å². The topological polar surface area (TPSA) is 135 Å². The summed E-state index contributed by atoms with van der Waals surface area (Å²) < 4.78 is 24.7. The molecule has 1 aliphatic rings. The highest BCUT2D eigenvalue weighted by molar-refractivity contribution is 9.10. The Kier molecular flexibility index (Phi) is 8.14. The van der Waals surface area contributed by atoms with Crippen LogP contribution in [0.2, 0.25) is 0 Å². The number of methoxy groups -OCH3 is 2. The van der Waals surface area contributed by atoms with E-state index in [2.05, 4.69) is 20.9 Å². The fourth-order valence-electron chi connectivity index (χ4n) is 4.66. The summed E-state index contributed by atoms with van der Waals surface area (Å²) in [6.07, 6.45) is 1.59. The third-order valence-electron chi connectivity index (χ3n) is 6.58. The molecule has 1 aliphatic heterocycles. The Morgan fingerprint density at radius 2 is 1.98 bits per heavy atom. The Bertz CT molecular complexity index is 1940. The van der Waals surface area contributed by atoms with Gasteiger partial charge >= 0.3 is 5.97 Å². The Morgan fingerprint density at radius 3 is 2.64 bits per heavy atom. The lowest BCUT2D eigenvalue weighted by Gasteiger charge is -2.26. The summed E-state index contributed by atoms with van der Waals surface area (Å²) in [6, 6.07) is 12.0. The van der Waals surface area contributed by atoms with Crippen molar-refractivity contribution in [3.05, 3.63) is 105 Å². The molecule has 0 bridgehead atoms. The second-order valence-electron chi connectivity index (χ2n) is 9.03. The van der Waals surface area contributed by atoms with E-state index in [0.717, 1.165) is 11.3 Å². The van der Waals surface area contributed by atoms with E-state index in [1.165, 1.54) is 30.9 Å². The average Bonchev–Trinajstić information content (AvgIpc) is 3.55. The Morgan fingerprint density at radius 1 is 1.19 bits per heavy atom. The van der Waals surface area contributed by atoms with Gasteiger partial charge in [-0.2, -0.15) is 0 Å². The number of thiazole rings is 1. The van der Waals surface area contributed by atoms with Gasteiger partial charge in [-0.15, -0.1) is 0 Å². The van der Waals surface area contributed by atoms with Crippen LogP contribution in [0.25, 0.3) is 17.4 Å². The number of nitro groups is 1. The van der Waals surface area contributed by atoms with Crippen LogP contribution >= 0.6 is 27.3 Å². The molecule has 13 heteroatoms. The molecule has 4 aromatic rings. The number of fused-ring (bicyclic) bond motifs is 1. The van der Waals surface area contributed by atoms with Gasteiger partial charge in [0.2, 0.25) is 0 Å². The number of aromatic nitrogens is 1. The maximum absolute atomic E-state index is 13.9. The molecule has 2 aromatic carbocycles. The molecule has 216 valence electrons. The maximum atomic E-state index is 13.9. The number of halogens is 1. The van der Waals surface area contributed by atoms with Gasteiger partial charge in [0, 0.05) is 33.8 Å². The van der Waals surface area contributed by atoms with Gasteiger partial charge in [-0.1, -0.05) is 11.3 Å². The van der Waals surface area contributed by atoms with Crippen LogP contribution in [0.15, 0.2) is 78.5 Å². The van der Waals surface area contributed by atoms with Gasteiger partial charge in [0.25, 0.3) is 11.2 Å². The molecule has 0 unspecified atom stereocenters. The number of benzene rings is 2. The van der Waals surface area contributed by atoms with Crippen molar-refractivity contribution in [2.75, 3.05) is 20.8 Å². The number of carbonyl (C=O) groups excluding carboxylic acids is 1. The summed E-state index contributed by atoms with van der Waals surface area (Å²) in [5, 5.41) is 11.1. The smallest absolute Gasteiger partial charge is 0.338 e. The maximum Gasteiger partial charge on any atom is 0.338 e. The molecule has 5 rings (SSSR count). The lowest BCUT2D eigenvalue weighted by Crippen LogP contribution is -2.40. The first-order valence-corrected chi connectivity index (χ1v) is 14.2. The van der Waals surface area contributed by atoms with Crippen LogP contribution in [0.1, 0.15) is 31.2 Å². The normalized spacial score (nSPS) is 14.8. The molecule has 2 aromatic heterocycles. The molecule has 11 nitrogen and oxygen atoms in total. The molecule has 0 saturated carbocycles. The number of nitrogens with zero attached hydrogens (tertiary/aromatic N) is 3. The highest BCUT2D eigenvalue weighted by Gasteiger charge is 2.35. The van der Waals surface area contributed by atoms with E-state index in [-0.39, 0.29) is 17.9 Å². The zero-order valence-corrected chi connectivity index (χ0v) is 25.3. The highest BCUT2D eigenvalue weighted by atomic mass is 79.9. The average molecular weight is 654 g/mol. The highest BCUT2D eigenvalue weighted by Crippen LogP contribution is 2.38. The molecule has 0 radical (unpaired) electrons. The molecule has 0 saturated heterocycles. The second-order valence-corrected chi connectivity index (χ2v) is 10.9. The van der Waals surface area contributed by atoms with Gasteiger partial charge < -0.3 is 18.6 Å². The minimum Gasteiger partial charge on any atom is -0.497 e. The minimum absolute atomic E-state index is 0.0572. The van der Waals surface area contributed by atoms with E-state index in [0.29, 0.717) is 53.6 Å². The van der Waals surface area contributed by atoms with Crippen molar-refractivity contribution in [2.24, 2.45) is 4.99 Å². The zero-order chi connectivity index (χ0) is 30.1. The largest absolute Gasteiger partial charge is 0.497 e. The van der Waals surface area contributed by atoms with Crippen LogP contribution in [0.4, 0.5) is 5.69 Å². The predicted octanol–water partition coefficient (Wildman–Crippen LogP) is 4.75. The van der Waals surface area contributed by atoms with Crippen LogP contribution in [0.3, 0.4) is 0 Å². The summed E-state index contributed by atoms with van der Waals surface area (Å²) >= 11 is 4.51. The van der Waals surface area contributed by atoms with Crippen LogP contribution in [-0.2, 0) is 9.53 Å². The van der Waals surface area contributed by atoms with Crippen molar-refractivity contribution in [1.82, 2.24) is 4.57 Å². The monoisotopic (exact) mass is 653 g/mol. The summed E-state index contributed by atoms with van der Waals surface area (Å²) in [7, 11) is 3.03. The summed E-state index contributed by atoms with van der Waals surface area (Å²) in [6.45, 7) is 3.55. The summed E-state index contributed by atoms with van der Waals surface area (Å²) in [5.41, 5.74) is 1.33. The van der Waals surface area contributed by atoms with Crippen LogP contribution in [0.5, 0.6) is 11.5 Å². The van der Waals surface area contributed by atoms with Crippen molar-refractivity contribution >= 4 is 45.0 Å². The Balaban J connectivity index is 1.65. The van der Waals surface area contributed by atoms with Gasteiger partial charge in [-0.05, 0) is 66.2 Å². The van der Waals surface area contributed by atoms with Gasteiger partial charge in [-0.3, -0.25) is 19.5 Å². The molecule has 0 fully saturated rings. The number of nitro benzene ring substituents is 1. The van der Waals surface area contributed by atoms with E-state index in [9.17, 15) is 19.7 Å². The first-order chi connectivity index (χ1) is 20.2. The Hall–Kier alpha value is -4.49. The molecule has 0 aliphatic carbocycles. The second kappa shape index (κ2) is 11.8. The van der Waals surface area contributed by atoms with Crippen molar-refractivity contribution in [1.29, 1.82) is 0 Å². The molecule has 0 N–H and O–H groups in total. The predicted molar refractivity (Wildman–Crippen MR) is 158 cm³/mol. The van der Waals surface area contributed by atoms with E-state index >= 15 is 0 Å². The van der Waals surface area contributed by atoms with Crippen LogP contribution in [0, 0.1) is 10.1 Å². The van der Waals surface area contributed by atoms with E-state index in [1.807, 2.05) is 0 Å². The fourth-order valence-corrected chi connectivity index (χ4v) is 6.25. The van der Waals surface area contributed by atoms with Crippen LogP contribution < -0.4 is 24.4 Å². The number of rotatable bonds is 8. The standard InChI is InChI=1S/C29H24BrN3O8S/c1-5-40-28(35)25-15(2)31-29-32(26(25)20-13-17(38-3)7-10-22(20)39-4)27(34)24(42-29)14-18-8-11-23(41-18)19-9-6-16(33(36)37)12-21(19)30/h6-14,26H,5H2,1-4H3/b24-14-/t26-/m0/s1. The first-order valence-electron chi connectivity index (χ1n) is 12.6. The third kappa shape index (κ3) is 5.28. The number of esters is 1. The molecular formula is C29H24BrN3O8S. The van der Waals surface area contributed by atoms with Crippen molar-refractivity contribution in [3.63, 3.8) is 0 Å². The fraction of sp³-hybridized carbons (Fsp3) is 0.207. The van der Waals surface area contributed by atoms with Gasteiger partial charge in [-0.25, -0.2) is 9.79 Å². The molecule has 0 amide bonds. The van der Waals surface area contributed by atoms with Crippen molar-refractivity contribution in [2.45, 2.75) is 19.9 Å². The number of hydrogen-bond acceptors (Lipinski definition) is 10. The first kappa shape index (κ1) is 29.0. The van der Waals surface area contributed by atoms with Gasteiger partial charge in [0.05, 0.1) is 41.6 Å². The SMILES string of the molecule is CCOC(=O)C1=C(C)N=c2s/c(=C\c3ccc(-c4ccc([N+](=O)[O-])cc4Br)o3)c(=O)n2[C@H]1c1cc(OC)ccc1OC. The van der Waals surface area contributed by atoms with Crippen molar-refractivity contribution in [3.8, 4) is 22.8 Å². The van der Waals surface area contributed by atoms with Crippen LogP contribution in [-0.4, -0.2) is 36.3 Å². The number of allylic oxidation sites excluding steroid dienone is 1. The van der Waals surface area contributed by atoms with Crippen molar-refractivity contribution < 1.29 is 28.3 Å². The molecule has 3 heterocycles. The summed E-state index contributed by atoms with van der Waals surface area (Å²) in [4.78, 5) is 42.7. The quantitative estimate of drug-likeness (QED) is 0.151. The van der Waals surface area contributed by atoms with E-state index < -0.39 is 22.5 Å². The number of ether oxygens (including phenoxy) is 3. The lowest BCUT2D eigenvalue weighted by molar-refractivity contribution is -0.384. The lowest BCUT2D eigenvalue weighted by atomic mass is 9.95.